The molecule has 0 spiro atoms. The molecule has 3 aliphatic rings. The molecular weight excluding hydrogens is 558 g/mol. The van der Waals surface area contributed by atoms with Crippen LogP contribution in [0.2, 0.25) is 0 Å². The summed E-state index contributed by atoms with van der Waals surface area (Å²) in [6, 6.07) is 16.1. The number of anilines is 1. The van der Waals surface area contributed by atoms with Crippen LogP contribution in [0.5, 0.6) is 5.75 Å². The monoisotopic (exact) mass is 607 g/mol. The number of piperidine rings is 1. The van der Waals surface area contributed by atoms with E-state index in [9.17, 15) is 14.4 Å². The van der Waals surface area contributed by atoms with Crippen molar-refractivity contribution in [2.24, 2.45) is 5.41 Å². The number of ether oxygens (including phenoxy) is 2. The smallest absolute Gasteiger partial charge is 0.257 e. The lowest BCUT2D eigenvalue weighted by Gasteiger charge is -2.38. The molecule has 10 heteroatoms. The number of fused-ring (bicyclic) bond motifs is 17. The lowest BCUT2D eigenvalue weighted by Crippen LogP contribution is -2.54. The van der Waals surface area contributed by atoms with Gasteiger partial charge in [0.05, 0.1) is 5.41 Å². The Morgan fingerprint density at radius 2 is 1.80 bits per heavy atom. The lowest BCUT2D eigenvalue weighted by atomic mass is 9.77. The quantitative estimate of drug-likeness (QED) is 0.399. The van der Waals surface area contributed by atoms with Crippen molar-refractivity contribution in [3.05, 3.63) is 59.7 Å². The van der Waals surface area contributed by atoms with Crippen molar-refractivity contribution >= 4 is 23.4 Å². The van der Waals surface area contributed by atoms with Gasteiger partial charge in [-0.15, -0.1) is 0 Å². The predicted molar refractivity (Wildman–Crippen MR) is 172 cm³/mol. The minimum Gasteiger partial charge on any atom is -0.484 e. The van der Waals surface area contributed by atoms with Gasteiger partial charge in [0.1, 0.15) is 5.75 Å². The van der Waals surface area contributed by atoms with Gasteiger partial charge in [-0.25, -0.2) is 0 Å². The maximum Gasteiger partial charge on any atom is 0.257 e. The second-order valence-electron chi connectivity index (χ2n) is 12.0. The number of aryl methyl sites for hydroxylation is 1. The first-order chi connectivity index (χ1) is 21.4. The maximum absolute atomic E-state index is 14.2. The van der Waals surface area contributed by atoms with Gasteiger partial charge >= 0.3 is 0 Å². The van der Waals surface area contributed by atoms with Crippen molar-refractivity contribution in [3.8, 4) is 5.75 Å². The Labute approximate surface area is 261 Å². The minimum absolute atomic E-state index is 0.0488. The molecule has 3 aliphatic heterocycles. The fraction of sp³-hybridized carbons (Fsp3) is 0.559. The SMILES string of the molecule is COCCC1(C(=O)NC2CCN(c3cccc(C)c3)CC2)CNC(=O)CCCNCCCNC(=O)COc2ccc(cc2)C1. The van der Waals surface area contributed by atoms with E-state index in [-0.39, 0.29) is 36.9 Å². The average Bonchev–Trinajstić information content (AvgIpc) is 3.03. The third kappa shape index (κ3) is 10.2. The Kier molecular flexibility index (Phi) is 12.9. The summed E-state index contributed by atoms with van der Waals surface area (Å²) in [5.41, 5.74) is 2.49. The zero-order chi connectivity index (χ0) is 31.2. The molecule has 240 valence electrons. The topological polar surface area (TPSA) is 121 Å². The first-order valence-electron chi connectivity index (χ1n) is 15.9. The molecule has 3 amide bonds. The van der Waals surface area contributed by atoms with E-state index >= 15 is 0 Å². The number of hydrogen-bond donors (Lipinski definition) is 4. The Hall–Kier alpha value is -3.63. The van der Waals surface area contributed by atoms with Crippen LogP contribution in [-0.4, -0.2) is 83.4 Å². The van der Waals surface area contributed by atoms with Crippen LogP contribution in [0.3, 0.4) is 0 Å². The van der Waals surface area contributed by atoms with Gasteiger partial charge in [0.2, 0.25) is 11.8 Å². The standard InChI is InChI=1S/C34H49N5O5/c1-26-6-3-7-29(22-26)39-19-13-28(14-20-39)38-33(42)34(15-21-43-2)23-27-9-11-30(12-10-27)44-24-32(41)36-18-5-17-35-16-4-8-31(40)37-25-34/h3,6-7,9-12,22,28,35H,4-5,8,13-21,23-25H2,1-2H3,(H,36,41)(H,37,40)(H,38,42). The lowest BCUT2D eigenvalue weighted by molar-refractivity contribution is -0.133. The number of hydrogen-bond acceptors (Lipinski definition) is 7. The summed E-state index contributed by atoms with van der Waals surface area (Å²) in [6.07, 6.45) is 4.41. The molecular formula is C34H49N5O5. The van der Waals surface area contributed by atoms with Crippen LogP contribution >= 0.6 is 0 Å². The van der Waals surface area contributed by atoms with Crippen LogP contribution in [0.4, 0.5) is 5.69 Å². The predicted octanol–water partition coefficient (Wildman–Crippen LogP) is 2.73. The fourth-order valence-corrected chi connectivity index (χ4v) is 5.85. The summed E-state index contributed by atoms with van der Waals surface area (Å²) in [6.45, 7) is 6.39. The van der Waals surface area contributed by atoms with E-state index in [0.717, 1.165) is 44.5 Å². The molecule has 1 fully saturated rings. The Morgan fingerprint density at radius 3 is 2.55 bits per heavy atom. The fourth-order valence-electron chi connectivity index (χ4n) is 5.85. The van der Waals surface area contributed by atoms with Crippen molar-refractivity contribution in [2.75, 3.05) is 64.5 Å². The molecule has 2 aromatic rings. The van der Waals surface area contributed by atoms with Crippen molar-refractivity contribution in [1.82, 2.24) is 21.3 Å². The molecule has 0 aliphatic carbocycles. The van der Waals surface area contributed by atoms with Crippen molar-refractivity contribution in [2.45, 2.75) is 57.9 Å². The summed E-state index contributed by atoms with van der Waals surface area (Å²) >= 11 is 0. The number of benzene rings is 2. The van der Waals surface area contributed by atoms with Crippen LogP contribution in [0.25, 0.3) is 0 Å². The molecule has 10 nitrogen and oxygen atoms in total. The molecule has 1 unspecified atom stereocenters. The molecule has 3 heterocycles. The van der Waals surface area contributed by atoms with Crippen molar-refractivity contribution < 1.29 is 23.9 Å². The zero-order valence-electron chi connectivity index (χ0n) is 26.3. The number of amides is 3. The van der Waals surface area contributed by atoms with E-state index < -0.39 is 5.41 Å². The first-order valence-corrected chi connectivity index (χ1v) is 15.9. The number of nitrogens with one attached hydrogen (secondary N) is 4. The molecule has 4 N–H and O–H groups in total. The molecule has 0 aromatic heterocycles. The largest absolute Gasteiger partial charge is 0.484 e. The molecule has 1 saturated heterocycles. The highest BCUT2D eigenvalue weighted by atomic mass is 16.5. The van der Waals surface area contributed by atoms with Gasteiger partial charge in [0.25, 0.3) is 5.91 Å². The number of methoxy groups -OCH3 is 1. The highest BCUT2D eigenvalue weighted by molar-refractivity contribution is 5.85. The second kappa shape index (κ2) is 17.0. The van der Waals surface area contributed by atoms with Gasteiger partial charge in [-0.3, -0.25) is 14.4 Å². The van der Waals surface area contributed by atoms with Crippen LogP contribution in [-0.2, 0) is 25.5 Å². The number of rotatable bonds is 6. The van der Waals surface area contributed by atoms with Gasteiger partial charge < -0.3 is 35.6 Å². The minimum atomic E-state index is -0.902. The van der Waals surface area contributed by atoms with Crippen LogP contribution in [0, 0.1) is 12.3 Å². The third-order valence-electron chi connectivity index (χ3n) is 8.53. The average molecular weight is 608 g/mol. The van der Waals surface area contributed by atoms with E-state index in [4.69, 9.17) is 9.47 Å². The Balaban J connectivity index is 1.49. The van der Waals surface area contributed by atoms with Gasteiger partial charge in [-0.2, -0.15) is 0 Å². The number of nitrogens with zero attached hydrogens (tertiary/aromatic N) is 1. The summed E-state index contributed by atoms with van der Waals surface area (Å²) < 4.78 is 11.2. The normalized spacial score (nSPS) is 21.5. The van der Waals surface area contributed by atoms with Gasteiger partial charge in [0, 0.05) is 58.0 Å². The Morgan fingerprint density at radius 1 is 1.02 bits per heavy atom. The maximum atomic E-state index is 14.2. The highest BCUT2D eigenvalue weighted by Gasteiger charge is 2.40. The highest BCUT2D eigenvalue weighted by Crippen LogP contribution is 2.30. The summed E-state index contributed by atoms with van der Waals surface area (Å²) in [7, 11) is 1.63. The zero-order valence-corrected chi connectivity index (χ0v) is 26.3. The van der Waals surface area contributed by atoms with E-state index in [1.165, 1.54) is 11.3 Å². The summed E-state index contributed by atoms with van der Waals surface area (Å²) in [4.78, 5) is 41.7. The second-order valence-corrected chi connectivity index (χ2v) is 12.0. The summed E-state index contributed by atoms with van der Waals surface area (Å²) in [5, 5.41) is 12.6. The number of carbonyl (C=O) groups is 3. The van der Waals surface area contributed by atoms with Gasteiger partial charge in [0.15, 0.2) is 6.61 Å². The van der Waals surface area contributed by atoms with Crippen molar-refractivity contribution in [3.63, 3.8) is 0 Å². The molecule has 5 rings (SSSR count). The van der Waals surface area contributed by atoms with E-state index in [1.54, 1.807) is 7.11 Å². The molecule has 0 saturated carbocycles. The Bertz CT molecular complexity index is 1210. The molecule has 2 aromatic carbocycles. The van der Waals surface area contributed by atoms with E-state index in [0.29, 0.717) is 51.1 Å². The van der Waals surface area contributed by atoms with E-state index in [1.807, 2.05) is 24.3 Å². The summed E-state index contributed by atoms with van der Waals surface area (Å²) in [5.74, 6) is 0.281. The molecule has 1 atom stereocenters. The first kappa shape index (κ1) is 33.3. The van der Waals surface area contributed by atoms with Crippen LogP contribution < -0.4 is 30.9 Å². The molecule has 44 heavy (non-hydrogen) atoms. The van der Waals surface area contributed by atoms with Crippen molar-refractivity contribution in [1.29, 1.82) is 0 Å². The van der Waals surface area contributed by atoms with Gasteiger partial charge in [-0.1, -0.05) is 24.3 Å². The number of carbonyl (C=O) groups excluding carboxylic acids is 3. The third-order valence-corrected chi connectivity index (χ3v) is 8.53. The van der Waals surface area contributed by atoms with E-state index in [2.05, 4.69) is 57.4 Å². The molecule has 2 bridgehead atoms. The van der Waals surface area contributed by atoms with Gasteiger partial charge in [-0.05, 0) is 93.9 Å². The van der Waals surface area contributed by atoms with Crippen LogP contribution in [0.15, 0.2) is 48.5 Å². The molecule has 0 radical (unpaired) electrons. The van der Waals surface area contributed by atoms with Crippen LogP contribution in [0.1, 0.15) is 49.7 Å².